The summed E-state index contributed by atoms with van der Waals surface area (Å²) in [5, 5.41) is 2.01. The Hall–Kier alpha value is -0.290. The lowest BCUT2D eigenvalue weighted by molar-refractivity contribution is 0.790. The molecule has 0 aliphatic rings. The van der Waals surface area contributed by atoms with Crippen LogP contribution in [0.4, 0.5) is 0 Å². The first-order valence-corrected chi connectivity index (χ1v) is 4.33. The number of fused-ring (bicyclic) bond motifs is 1. The number of nitrogens with two attached hydrogens (primary N) is 1. The van der Waals surface area contributed by atoms with Gasteiger partial charge in [-0.05, 0) is 6.92 Å². The minimum atomic E-state index is 0. The highest BCUT2D eigenvalue weighted by molar-refractivity contribution is 7.15. The van der Waals surface area contributed by atoms with E-state index in [1.165, 1.54) is 0 Å². The van der Waals surface area contributed by atoms with Crippen molar-refractivity contribution >= 4 is 41.1 Å². The summed E-state index contributed by atoms with van der Waals surface area (Å²) >= 11 is 1.62. The van der Waals surface area contributed by atoms with E-state index in [4.69, 9.17) is 5.73 Å². The maximum absolute atomic E-state index is 5.67. The molecule has 0 aliphatic carbocycles. The molecule has 0 bridgehead atoms. The Bertz CT molecular complexity index is 340. The van der Waals surface area contributed by atoms with Crippen molar-refractivity contribution in [1.82, 2.24) is 9.38 Å². The largest absolute Gasteiger partial charge is 0.323 e. The molecule has 3 nitrogen and oxygen atoms in total. The van der Waals surface area contributed by atoms with E-state index in [2.05, 4.69) is 4.98 Å². The van der Waals surface area contributed by atoms with Crippen LogP contribution in [0.1, 0.15) is 18.7 Å². The van der Waals surface area contributed by atoms with Crippen molar-refractivity contribution in [2.24, 2.45) is 5.73 Å². The summed E-state index contributed by atoms with van der Waals surface area (Å²) in [6.45, 7) is 1.94. The van der Waals surface area contributed by atoms with Crippen LogP contribution < -0.4 is 5.73 Å². The smallest absolute Gasteiger partial charge is 0.193 e. The quantitative estimate of drug-likeness (QED) is 0.830. The van der Waals surface area contributed by atoms with Gasteiger partial charge in [-0.2, -0.15) is 0 Å². The molecule has 1 atom stereocenters. The summed E-state index contributed by atoms with van der Waals surface area (Å²) in [5.74, 6) is 0. The first-order chi connectivity index (χ1) is 5.27. The summed E-state index contributed by atoms with van der Waals surface area (Å²) < 4.78 is 1.99. The highest BCUT2D eigenvalue weighted by atomic mass is 35.5. The zero-order valence-electron chi connectivity index (χ0n) is 7.01. The summed E-state index contributed by atoms with van der Waals surface area (Å²) in [6, 6.07) is 0.0297. The molecule has 0 amide bonds. The number of thiazole rings is 1. The summed E-state index contributed by atoms with van der Waals surface area (Å²) in [4.78, 5) is 5.34. The molecular formula is C7H11Cl2N3S. The van der Waals surface area contributed by atoms with Crippen LogP contribution in [0.25, 0.3) is 4.96 Å². The molecule has 2 aromatic rings. The van der Waals surface area contributed by atoms with Crippen LogP contribution in [0.3, 0.4) is 0 Å². The number of imidazole rings is 1. The lowest BCUT2D eigenvalue weighted by Gasteiger charge is -1.95. The molecule has 6 heteroatoms. The third-order valence-corrected chi connectivity index (χ3v) is 2.35. The van der Waals surface area contributed by atoms with E-state index in [9.17, 15) is 0 Å². The Morgan fingerprint density at radius 3 is 2.77 bits per heavy atom. The predicted octanol–water partition coefficient (Wildman–Crippen LogP) is 2.26. The molecular weight excluding hydrogens is 229 g/mol. The average Bonchev–Trinajstić information content (AvgIpc) is 2.40. The van der Waals surface area contributed by atoms with E-state index in [0.29, 0.717) is 0 Å². The standard InChI is InChI=1S/C7H9N3S.2ClH/c1-5(8)6-4-10-2-3-11-7(10)9-6;;/h2-5H,8H2,1H3;2*1H. The van der Waals surface area contributed by atoms with Crippen molar-refractivity contribution in [3.8, 4) is 0 Å². The first-order valence-electron chi connectivity index (χ1n) is 3.45. The van der Waals surface area contributed by atoms with E-state index in [1.54, 1.807) is 11.3 Å². The molecule has 0 spiro atoms. The van der Waals surface area contributed by atoms with Crippen LogP contribution in [-0.2, 0) is 0 Å². The number of rotatable bonds is 1. The van der Waals surface area contributed by atoms with Gasteiger partial charge in [0.15, 0.2) is 4.96 Å². The summed E-state index contributed by atoms with van der Waals surface area (Å²) in [7, 11) is 0. The van der Waals surface area contributed by atoms with Gasteiger partial charge in [0.05, 0.1) is 5.69 Å². The second-order valence-electron chi connectivity index (χ2n) is 2.55. The van der Waals surface area contributed by atoms with Gasteiger partial charge in [0, 0.05) is 23.8 Å². The first kappa shape index (κ1) is 12.7. The summed E-state index contributed by atoms with van der Waals surface area (Å²) in [5.41, 5.74) is 6.62. The molecule has 2 heterocycles. The third kappa shape index (κ3) is 2.34. The Labute approximate surface area is 92.8 Å². The van der Waals surface area contributed by atoms with Crippen LogP contribution in [0.5, 0.6) is 0 Å². The summed E-state index contributed by atoms with van der Waals surface area (Å²) in [6.07, 6.45) is 3.95. The lowest BCUT2D eigenvalue weighted by atomic mass is 10.3. The zero-order valence-corrected chi connectivity index (χ0v) is 9.46. The fourth-order valence-corrected chi connectivity index (χ4v) is 1.67. The van der Waals surface area contributed by atoms with Crippen molar-refractivity contribution in [1.29, 1.82) is 0 Å². The van der Waals surface area contributed by atoms with Gasteiger partial charge in [-0.15, -0.1) is 36.2 Å². The number of nitrogens with zero attached hydrogens (tertiary/aromatic N) is 2. The topological polar surface area (TPSA) is 43.3 Å². The van der Waals surface area contributed by atoms with E-state index < -0.39 is 0 Å². The van der Waals surface area contributed by atoms with Crippen molar-refractivity contribution in [2.45, 2.75) is 13.0 Å². The second kappa shape index (κ2) is 4.81. The Morgan fingerprint density at radius 2 is 2.23 bits per heavy atom. The Kier molecular flexibility index (Phi) is 4.70. The van der Waals surface area contributed by atoms with Gasteiger partial charge in [0.2, 0.25) is 0 Å². The average molecular weight is 240 g/mol. The van der Waals surface area contributed by atoms with Crippen LogP contribution in [0.2, 0.25) is 0 Å². The Morgan fingerprint density at radius 1 is 1.54 bits per heavy atom. The molecule has 13 heavy (non-hydrogen) atoms. The molecule has 0 saturated carbocycles. The van der Waals surface area contributed by atoms with Gasteiger partial charge in [0.1, 0.15) is 0 Å². The van der Waals surface area contributed by atoms with Crippen LogP contribution in [-0.4, -0.2) is 9.38 Å². The number of hydrogen-bond acceptors (Lipinski definition) is 3. The monoisotopic (exact) mass is 239 g/mol. The van der Waals surface area contributed by atoms with E-state index in [1.807, 2.05) is 29.1 Å². The lowest BCUT2D eigenvalue weighted by Crippen LogP contribution is -2.04. The molecule has 0 aromatic carbocycles. The van der Waals surface area contributed by atoms with Crippen molar-refractivity contribution in [3.05, 3.63) is 23.5 Å². The maximum atomic E-state index is 5.67. The molecule has 2 N–H and O–H groups in total. The molecule has 74 valence electrons. The second-order valence-corrected chi connectivity index (χ2v) is 3.42. The Balaban J connectivity index is 0.000000720. The fourth-order valence-electron chi connectivity index (χ4n) is 0.965. The van der Waals surface area contributed by atoms with Crippen molar-refractivity contribution < 1.29 is 0 Å². The third-order valence-electron chi connectivity index (χ3n) is 1.58. The van der Waals surface area contributed by atoms with Crippen molar-refractivity contribution in [3.63, 3.8) is 0 Å². The predicted molar refractivity (Wildman–Crippen MR) is 60.2 cm³/mol. The van der Waals surface area contributed by atoms with Gasteiger partial charge in [-0.1, -0.05) is 0 Å². The minimum Gasteiger partial charge on any atom is -0.323 e. The molecule has 0 fully saturated rings. The van der Waals surface area contributed by atoms with Gasteiger partial charge in [-0.3, -0.25) is 4.40 Å². The van der Waals surface area contributed by atoms with Crippen LogP contribution in [0.15, 0.2) is 17.8 Å². The van der Waals surface area contributed by atoms with Gasteiger partial charge in [0.25, 0.3) is 0 Å². The van der Waals surface area contributed by atoms with Gasteiger partial charge >= 0.3 is 0 Å². The van der Waals surface area contributed by atoms with Gasteiger partial charge in [-0.25, -0.2) is 4.98 Å². The number of hydrogen-bond donors (Lipinski definition) is 1. The van der Waals surface area contributed by atoms with E-state index in [-0.39, 0.29) is 30.9 Å². The molecule has 0 radical (unpaired) electrons. The zero-order chi connectivity index (χ0) is 7.84. The molecule has 0 saturated heterocycles. The van der Waals surface area contributed by atoms with E-state index >= 15 is 0 Å². The molecule has 2 aromatic heterocycles. The van der Waals surface area contributed by atoms with E-state index in [0.717, 1.165) is 10.7 Å². The molecule has 2 rings (SSSR count). The number of halogens is 2. The maximum Gasteiger partial charge on any atom is 0.193 e. The van der Waals surface area contributed by atoms with Crippen LogP contribution >= 0.6 is 36.2 Å². The highest BCUT2D eigenvalue weighted by Crippen LogP contribution is 2.14. The number of aromatic nitrogens is 2. The molecule has 1 unspecified atom stereocenters. The van der Waals surface area contributed by atoms with Crippen molar-refractivity contribution in [2.75, 3.05) is 0 Å². The van der Waals surface area contributed by atoms with Crippen LogP contribution in [0, 0.1) is 0 Å². The minimum absolute atomic E-state index is 0. The normalized spacial score (nSPS) is 11.8. The SMILES string of the molecule is CC(N)c1cn2ccsc2n1.Cl.Cl. The highest BCUT2D eigenvalue weighted by Gasteiger charge is 2.04. The molecule has 0 aliphatic heterocycles. The fraction of sp³-hybridized carbons (Fsp3) is 0.286. The van der Waals surface area contributed by atoms with Gasteiger partial charge < -0.3 is 5.73 Å².